The summed E-state index contributed by atoms with van der Waals surface area (Å²) in [4.78, 5) is 8.90. The summed E-state index contributed by atoms with van der Waals surface area (Å²) in [7, 11) is 0. The Labute approximate surface area is 117 Å². The molecule has 10 heteroatoms. The van der Waals surface area contributed by atoms with E-state index in [4.69, 9.17) is 15.6 Å². The van der Waals surface area contributed by atoms with Gasteiger partial charge in [0.1, 0.15) is 0 Å². The van der Waals surface area contributed by atoms with Crippen LogP contribution in [-0.4, -0.2) is 37.9 Å². The van der Waals surface area contributed by atoms with Crippen LogP contribution < -0.4 is 5.73 Å². The lowest BCUT2D eigenvalue weighted by atomic mass is 10.1. The first-order chi connectivity index (χ1) is 9.80. The van der Waals surface area contributed by atoms with Gasteiger partial charge in [0.15, 0.2) is 5.82 Å². The number of carboxylic acids is 1. The van der Waals surface area contributed by atoms with Gasteiger partial charge in [-0.15, -0.1) is 5.10 Å². The molecule has 0 aliphatic rings. The average Bonchev–Trinajstić information content (AvgIpc) is 2.93. The Bertz CT molecular complexity index is 545. The van der Waals surface area contributed by atoms with Crippen molar-refractivity contribution in [2.75, 3.05) is 0 Å². The average molecular weight is 303 g/mol. The lowest BCUT2D eigenvalue weighted by molar-refractivity contribution is -0.192. The molecule has 2 aromatic rings. The van der Waals surface area contributed by atoms with Crippen LogP contribution >= 0.6 is 0 Å². The largest absolute Gasteiger partial charge is 0.490 e. The van der Waals surface area contributed by atoms with E-state index in [1.807, 2.05) is 30.3 Å². The van der Waals surface area contributed by atoms with Gasteiger partial charge in [0.05, 0.1) is 6.04 Å². The van der Waals surface area contributed by atoms with Gasteiger partial charge in [-0.3, -0.25) is 0 Å². The van der Waals surface area contributed by atoms with Gasteiger partial charge in [-0.2, -0.15) is 13.2 Å². The molecule has 0 radical (unpaired) electrons. The van der Waals surface area contributed by atoms with Crippen molar-refractivity contribution in [1.29, 1.82) is 0 Å². The molecule has 0 aliphatic carbocycles. The third kappa shape index (κ3) is 5.99. The SMILES string of the molecule is NC(Cc1ccccc1)c1nnn[nH]1.O=C(O)C(F)(F)F. The van der Waals surface area contributed by atoms with E-state index >= 15 is 0 Å². The van der Waals surface area contributed by atoms with Gasteiger partial charge in [-0.05, 0) is 22.4 Å². The lowest BCUT2D eigenvalue weighted by Crippen LogP contribution is -2.21. The molecule has 0 saturated heterocycles. The summed E-state index contributed by atoms with van der Waals surface area (Å²) in [6, 6.07) is 9.84. The maximum atomic E-state index is 10.6. The monoisotopic (exact) mass is 303 g/mol. The zero-order chi connectivity index (χ0) is 15.9. The Morgan fingerprint density at radius 3 is 2.33 bits per heavy atom. The van der Waals surface area contributed by atoms with E-state index in [-0.39, 0.29) is 6.04 Å². The standard InChI is InChI=1S/C9H11N5.C2HF3O2/c10-8(9-11-13-14-12-9)6-7-4-2-1-3-5-7;3-2(4,5)1(6)7/h1-5,8H,6,10H2,(H,11,12,13,14);(H,6,7). The van der Waals surface area contributed by atoms with Crippen LogP contribution in [0, 0.1) is 0 Å². The number of carboxylic acid groups (broad SMARTS) is 1. The van der Waals surface area contributed by atoms with E-state index < -0.39 is 12.1 Å². The van der Waals surface area contributed by atoms with Crippen LogP contribution in [0.25, 0.3) is 0 Å². The fourth-order valence-corrected chi connectivity index (χ4v) is 1.29. The Morgan fingerprint density at radius 1 is 1.33 bits per heavy atom. The van der Waals surface area contributed by atoms with E-state index in [0.717, 1.165) is 6.42 Å². The number of aromatic nitrogens is 4. The number of benzene rings is 1. The summed E-state index contributed by atoms with van der Waals surface area (Å²) in [5.41, 5.74) is 7.07. The quantitative estimate of drug-likeness (QED) is 0.780. The number of hydrogen-bond acceptors (Lipinski definition) is 5. The van der Waals surface area contributed by atoms with Crippen molar-refractivity contribution in [2.45, 2.75) is 18.6 Å². The van der Waals surface area contributed by atoms with Gasteiger partial charge in [0.2, 0.25) is 0 Å². The molecule has 1 aromatic carbocycles. The fraction of sp³-hybridized carbons (Fsp3) is 0.273. The molecule has 1 aromatic heterocycles. The minimum Gasteiger partial charge on any atom is -0.475 e. The highest BCUT2D eigenvalue weighted by Gasteiger charge is 2.38. The topological polar surface area (TPSA) is 118 Å². The van der Waals surface area contributed by atoms with Crippen molar-refractivity contribution in [3.63, 3.8) is 0 Å². The van der Waals surface area contributed by atoms with Crippen molar-refractivity contribution < 1.29 is 23.1 Å². The number of nitrogens with zero attached hydrogens (tertiary/aromatic N) is 3. The molecular formula is C11H12F3N5O2. The van der Waals surface area contributed by atoms with Crippen molar-refractivity contribution >= 4 is 5.97 Å². The number of carbonyl (C=O) groups is 1. The van der Waals surface area contributed by atoms with Gasteiger partial charge in [-0.1, -0.05) is 30.3 Å². The van der Waals surface area contributed by atoms with Crippen LogP contribution in [0.1, 0.15) is 17.4 Å². The Morgan fingerprint density at radius 2 is 1.90 bits per heavy atom. The third-order valence-electron chi connectivity index (χ3n) is 2.25. The van der Waals surface area contributed by atoms with Crippen molar-refractivity contribution in [3.8, 4) is 0 Å². The van der Waals surface area contributed by atoms with Gasteiger partial charge in [0.25, 0.3) is 0 Å². The number of rotatable bonds is 3. The molecule has 1 atom stereocenters. The first kappa shape index (κ1) is 16.6. The summed E-state index contributed by atoms with van der Waals surface area (Å²) < 4.78 is 31.7. The van der Waals surface area contributed by atoms with Crippen LogP contribution in [0.3, 0.4) is 0 Å². The molecule has 7 nitrogen and oxygen atoms in total. The minimum absolute atomic E-state index is 0.174. The fourth-order valence-electron chi connectivity index (χ4n) is 1.29. The van der Waals surface area contributed by atoms with Gasteiger partial charge >= 0.3 is 12.1 Å². The van der Waals surface area contributed by atoms with Gasteiger partial charge in [-0.25, -0.2) is 9.89 Å². The van der Waals surface area contributed by atoms with Crippen LogP contribution in [-0.2, 0) is 11.2 Å². The van der Waals surface area contributed by atoms with Crippen molar-refractivity contribution in [1.82, 2.24) is 20.6 Å². The number of H-pyrrole nitrogens is 1. The van der Waals surface area contributed by atoms with Crippen LogP contribution in [0.15, 0.2) is 30.3 Å². The molecule has 0 saturated carbocycles. The number of aliphatic carboxylic acids is 1. The molecule has 0 fully saturated rings. The number of halogens is 3. The summed E-state index contributed by atoms with van der Waals surface area (Å²) in [5, 5.41) is 20.5. The summed E-state index contributed by atoms with van der Waals surface area (Å²) in [6.45, 7) is 0. The van der Waals surface area contributed by atoms with Crippen LogP contribution in [0.5, 0.6) is 0 Å². The number of hydrogen-bond donors (Lipinski definition) is 3. The van der Waals surface area contributed by atoms with E-state index in [2.05, 4.69) is 20.6 Å². The molecule has 4 N–H and O–H groups in total. The molecule has 114 valence electrons. The summed E-state index contributed by atoms with van der Waals surface area (Å²) in [6.07, 6.45) is -4.35. The van der Waals surface area contributed by atoms with Crippen LogP contribution in [0.4, 0.5) is 13.2 Å². The van der Waals surface area contributed by atoms with Crippen molar-refractivity contribution in [3.05, 3.63) is 41.7 Å². The molecule has 21 heavy (non-hydrogen) atoms. The summed E-state index contributed by atoms with van der Waals surface area (Å²) in [5.74, 6) is -2.14. The van der Waals surface area contributed by atoms with E-state index in [9.17, 15) is 13.2 Å². The lowest BCUT2D eigenvalue weighted by Gasteiger charge is -2.06. The molecule has 1 unspecified atom stereocenters. The zero-order valence-electron chi connectivity index (χ0n) is 10.6. The predicted octanol–water partition coefficient (Wildman–Crippen LogP) is 1.08. The molecule has 2 rings (SSSR count). The van der Waals surface area contributed by atoms with E-state index in [0.29, 0.717) is 5.82 Å². The molecule has 0 aliphatic heterocycles. The molecule has 0 bridgehead atoms. The molecule has 0 spiro atoms. The number of alkyl halides is 3. The highest BCUT2D eigenvalue weighted by atomic mass is 19.4. The van der Waals surface area contributed by atoms with E-state index in [1.165, 1.54) is 5.56 Å². The maximum Gasteiger partial charge on any atom is 0.490 e. The maximum absolute atomic E-state index is 10.6. The number of tetrazole rings is 1. The predicted molar refractivity (Wildman–Crippen MR) is 64.9 cm³/mol. The minimum atomic E-state index is -5.08. The van der Waals surface area contributed by atoms with Crippen molar-refractivity contribution in [2.24, 2.45) is 5.73 Å². The smallest absolute Gasteiger partial charge is 0.475 e. The number of nitrogens with one attached hydrogen (secondary N) is 1. The number of nitrogens with two attached hydrogens (primary N) is 1. The van der Waals surface area contributed by atoms with E-state index in [1.54, 1.807) is 0 Å². The van der Waals surface area contributed by atoms with Gasteiger partial charge < -0.3 is 10.8 Å². The zero-order valence-corrected chi connectivity index (χ0v) is 10.6. The first-order valence-corrected chi connectivity index (χ1v) is 5.64. The first-order valence-electron chi connectivity index (χ1n) is 5.64. The molecule has 0 amide bonds. The highest BCUT2D eigenvalue weighted by Crippen LogP contribution is 2.13. The molecular weight excluding hydrogens is 291 g/mol. The highest BCUT2D eigenvalue weighted by molar-refractivity contribution is 5.73. The Kier molecular flexibility index (Phi) is 5.79. The second-order valence-corrected chi connectivity index (χ2v) is 3.89. The normalized spacial score (nSPS) is 12.2. The molecule has 1 heterocycles. The number of aromatic amines is 1. The third-order valence-corrected chi connectivity index (χ3v) is 2.25. The van der Waals surface area contributed by atoms with Gasteiger partial charge in [0, 0.05) is 0 Å². The Hall–Kier alpha value is -2.49. The second kappa shape index (κ2) is 7.33. The second-order valence-electron chi connectivity index (χ2n) is 3.89. The van der Waals surface area contributed by atoms with Crippen LogP contribution in [0.2, 0.25) is 0 Å². The summed E-state index contributed by atoms with van der Waals surface area (Å²) >= 11 is 0. The Balaban J connectivity index is 0.000000270.